The first-order valence-electron chi connectivity index (χ1n) is 15.0. The van der Waals surface area contributed by atoms with Crippen molar-refractivity contribution in [3.05, 3.63) is 0 Å². The molecule has 216 valence electrons. The molecule has 0 aliphatic carbocycles. The molecule has 2 radical (unpaired) electrons. The van der Waals surface area contributed by atoms with Gasteiger partial charge >= 0.3 is 0 Å². The molecule has 5 atom stereocenters. The molecule has 1 amide bonds. The Labute approximate surface area is 228 Å². The van der Waals surface area contributed by atoms with Crippen molar-refractivity contribution in [1.82, 2.24) is 5.32 Å². The van der Waals surface area contributed by atoms with Gasteiger partial charge in [0.05, 0.1) is 19.3 Å². The third-order valence-corrected chi connectivity index (χ3v) is 7.30. The highest BCUT2D eigenvalue weighted by molar-refractivity contribution is 6.11. The van der Waals surface area contributed by atoms with E-state index in [4.69, 9.17) is 26.8 Å². The van der Waals surface area contributed by atoms with Gasteiger partial charge in [-0.3, -0.25) is 4.79 Å². The number of hydrogen-bond donors (Lipinski definition) is 2. The van der Waals surface area contributed by atoms with Crippen LogP contribution in [-0.4, -0.2) is 83.3 Å². The number of methoxy groups -OCH3 is 2. The van der Waals surface area contributed by atoms with E-state index in [0.717, 1.165) is 32.1 Å². The number of rotatable bonds is 25. The molecule has 0 spiro atoms. The number of ether oxygens (including phenoxy) is 4. The standard InChI is InChI=1S/C29H56BNO6/c1-4-5-6-7-8-9-10-11-12-13-14-15-16-20-26(33)31-24(22-32)19-17-18-21-36-28-27(35-3)25(23-34-2)37-29(28)30/h24-25,27-29,32H,4-23H2,1-3H3,(H,31,33)/t24?,25-,27?,28+,29-/m1/s1. The average Bonchev–Trinajstić information content (AvgIpc) is 3.19. The second-order valence-corrected chi connectivity index (χ2v) is 10.6. The molecule has 0 aromatic carbocycles. The summed E-state index contributed by atoms with van der Waals surface area (Å²) in [4.78, 5) is 12.3. The number of amides is 1. The zero-order chi connectivity index (χ0) is 27.1. The molecule has 0 aromatic heterocycles. The number of nitrogens with one attached hydrogen (secondary N) is 1. The minimum Gasteiger partial charge on any atom is -0.394 e. The highest BCUT2D eigenvalue weighted by atomic mass is 16.6. The second kappa shape index (κ2) is 23.2. The molecule has 1 aliphatic rings. The molecule has 1 aliphatic heterocycles. The van der Waals surface area contributed by atoms with E-state index >= 15 is 0 Å². The van der Waals surface area contributed by atoms with Gasteiger partial charge in [0.2, 0.25) is 5.91 Å². The first kappa shape index (κ1) is 34.4. The lowest BCUT2D eigenvalue weighted by atomic mass is 9.92. The Bertz CT molecular complexity index is 541. The lowest BCUT2D eigenvalue weighted by Gasteiger charge is -2.22. The molecule has 1 fully saturated rings. The first-order valence-corrected chi connectivity index (χ1v) is 15.0. The molecular formula is C29H56BNO6. The molecule has 37 heavy (non-hydrogen) atoms. The summed E-state index contributed by atoms with van der Waals surface area (Å²) >= 11 is 0. The Morgan fingerprint density at radius 3 is 2.03 bits per heavy atom. The fraction of sp³-hybridized carbons (Fsp3) is 0.966. The molecule has 0 saturated carbocycles. The maximum absolute atomic E-state index is 12.3. The van der Waals surface area contributed by atoms with Crippen LogP contribution in [-0.2, 0) is 23.7 Å². The molecule has 1 rings (SSSR count). The number of aliphatic hydroxyl groups excluding tert-OH is 1. The summed E-state index contributed by atoms with van der Waals surface area (Å²) in [7, 11) is 9.29. The SMILES string of the molecule is [B][C@@H]1O[C@H](COC)C(OC)[C@@H]1OCCCCC(CO)NC(=O)CCCCCCCCCCCCCCC. The van der Waals surface area contributed by atoms with Crippen LogP contribution in [0.25, 0.3) is 0 Å². The van der Waals surface area contributed by atoms with Gasteiger partial charge in [-0.05, 0) is 25.7 Å². The molecular weight excluding hydrogens is 469 g/mol. The normalized spacial score (nSPS) is 22.4. The Morgan fingerprint density at radius 1 is 0.892 bits per heavy atom. The summed E-state index contributed by atoms with van der Waals surface area (Å²) in [6.45, 7) is 3.15. The third-order valence-electron chi connectivity index (χ3n) is 7.30. The fourth-order valence-electron chi connectivity index (χ4n) is 5.05. The van der Waals surface area contributed by atoms with Crippen LogP contribution in [0.5, 0.6) is 0 Å². The van der Waals surface area contributed by atoms with Crippen LogP contribution in [0.3, 0.4) is 0 Å². The lowest BCUT2D eigenvalue weighted by molar-refractivity contribution is -0.122. The quantitative estimate of drug-likeness (QED) is 0.128. The van der Waals surface area contributed by atoms with Crippen molar-refractivity contribution in [3.63, 3.8) is 0 Å². The smallest absolute Gasteiger partial charge is 0.220 e. The van der Waals surface area contributed by atoms with Gasteiger partial charge in [0, 0.05) is 33.3 Å². The van der Waals surface area contributed by atoms with E-state index in [1.807, 2.05) is 0 Å². The zero-order valence-corrected chi connectivity index (χ0v) is 24.1. The van der Waals surface area contributed by atoms with E-state index in [2.05, 4.69) is 12.2 Å². The molecule has 1 heterocycles. The monoisotopic (exact) mass is 525 g/mol. The van der Waals surface area contributed by atoms with Crippen LogP contribution >= 0.6 is 0 Å². The van der Waals surface area contributed by atoms with Gasteiger partial charge < -0.3 is 29.4 Å². The van der Waals surface area contributed by atoms with Crippen LogP contribution < -0.4 is 5.32 Å². The predicted octanol–water partition coefficient (Wildman–Crippen LogP) is 5.06. The van der Waals surface area contributed by atoms with Gasteiger partial charge in [0.15, 0.2) is 0 Å². The van der Waals surface area contributed by atoms with Crippen molar-refractivity contribution in [3.8, 4) is 0 Å². The van der Waals surface area contributed by atoms with Crippen molar-refractivity contribution in [1.29, 1.82) is 0 Å². The molecule has 2 N–H and O–H groups in total. The summed E-state index contributed by atoms with van der Waals surface area (Å²) in [5, 5.41) is 12.6. The zero-order valence-electron chi connectivity index (χ0n) is 24.1. The minimum absolute atomic E-state index is 0.0413. The number of unbranched alkanes of at least 4 members (excludes halogenated alkanes) is 13. The summed E-state index contributed by atoms with van der Waals surface area (Å²) in [6, 6.07) is -0.746. The van der Waals surface area contributed by atoms with E-state index in [9.17, 15) is 9.90 Å². The predicted molar refractivity (Wildman–Crippen MR) is 150 cm³/mol. The number of hydrogen-bond acceptors (Lipinski definition) is 6. The van der Waals surface area contributed by atoms with Crippen molar-refractivity contribution < 1.29 is 28.8 Å². The molecule has 2 unspecified atom stereocenters. The van der Waals surface area contributed by atoms with Crippen LogP contribution in [0.4, 0.5) is 0 Å². The van der Waals surface area contributed by atoms with E-state index in [-0.39, 0.29) is 36.9 Å². The lowest BCUT2D eigenvalue weighted by Crippen LogP contribution is -2.39. The highest BCUT2D eigenvalue weighted by Crippen LogP contribution is 2.25. The number of carbonyl (C=O) groups excluding carboxylic acids is 1. The summed E-state index contributed by atoms with van der Waals surface area (Å²) in [5.74, 6) is 0.0413. The van der Waals surface area contributed by atoms with Crippen LogP contribution in [0.15, 0.2) is 0 Å². The first-order chi connectivity index (χ1) is 18.1. The summed E-state index contributed by atoms with van der Waals surface area (Å²) in [5.41, 5.74) is 0. The van der Waals surface area contributed by atoms with Gasteiger partial charge in [0.25, 0.3) is 0 Å². The van der Waals surface area contributed by atoms with Gasteiger partial charge in [-0.1, -0.05) is 84.0 Å². The fourth-order valence-corrected chi connectivity index (χ4v) is 5.05. The van der Waals surface area contributed by atoms with Crippen molar-refractivity contribution >= 4 is 13.8 Å². The highest BCUT2D eigenvalue weighted by Gasteiger charge is 2.42. The largest absolute Gasteiger partial charge is 0.394 e. The number of aliphatic hydroxyl groups is 1. The molecule has 7 nitrogen and oxygen atoms in total. The van der Waals surface area contributed by atoms with Gasteiger partial charge in [-0.15, -0.1) is 0 Å². The topological polar surface area (TPSA) is 86.2 Å². The van der Waals surface area contributed by atoms with Gasteiger partial charge in [-0.2, -0.15) is 0 Å². The molecule has 1 saturated heterocycles. The maximum atomic E-state index is 12.3. The van der Waals surface area contributed by atoms with E-state index in [0.29, 0.717) is 19.6 Å². The average molecular weight is 526 g/mol. The van der Waals surface area contributed by atoms with Crippen LogP contribution in [0, 0.1) is 0 Å². The summed E-state index contributed by atoms with van der Waals surface area (Å²) in [6.07, 6.45) is 18.9. The van der Waals surface area contributed by atoms with E-state index < -0.39 is 6.00 Å². The summed E-state index contributed by atoms with van der Waals surface area (Å²) < 4.78 is 22.3. The van der Waals surface area contributed by atoms with E-state index in [1.54, 1.807) is 14.2 Å². The Kier molecular flexibility index (Phi) is 21.6. The molecule has 0 aromatic rings. The van der Waals surface area contributed by atoms with Crippen molar-refractivity contribution in [2.45, 2.75) is 146 Å². The van der Waals surface area contributed by atoms with Crippen LogP contribution in [0.2, 0.25) is 0 Å². The van der Waals surface area contributed by atoms with Crippen LogP contribution in [0.1, 0.15) is 116 Å². The minimum atomic E-state index is -0.542. The Morgan fingerprint density at radius 2 is 1.49 bits per heavy atom. The Hall–Kier alpha value is -0.665. The van der Waals surface area contributed by atoms with Crippen molar-refractivity contribution in [2.75, 3.05) is 34.0 Å². The third kappa shape index (κ3) is 16.1. The Balaban J connectivity index is 2.01. The van der Waals surface area contributed by atoms with Crippen molar-refractivity contribution in [2.24, 2.45) is 0 Å². The maximum Gasteiger partial charge on any atom is 0.220 e. The molecule has 0 bridgehead atoms. The second-order valence-electron chi connectivity index (χ2n) is 10.6. The number of carbonyl (C=O) groups is 1. The van der Waals surface area contributed by atoms with Gasteiger partial charge in [0.1, 0.15) is 26.2 Å². The van der Waals surface area contributed by atoms with E-state index in [1.165, 1.54) is 70.6 Å². The molecule has 8 heteroatoms. The van der Waals surface area contributed by atoms with Gasteiger partial charge in [-0.25, -0.2) is 0 Å².